The Balaban J connectivity index is 1.43. The van der Waals surface area contributed by atoms with Crippen LogP contribution in [0.2, 0.25) is 5.02 Å². The molecule has 4 rings (SSSR count). The quantitative estimate of drug-likeness (QED) is 0.385. The molecule has 2 heterocycles. The van der Waals surface area contributed by atoms with Crippen LogP contribution in [0.1, 0.15) is 33.5 Å². The number of aromatic nitrogens is 4. The second kappa shape index (κ2) is 10.2. The molecule has 2 N–H and O–H groups in total. The highest BCUT2D eigenvalue weighted by Crippen LogP contribution is 2.21. The van der Waals surface area contributed by atoms with E-state index in [1.807, 2.05) is 38.1 Å². The summed E-state index contributed by atoms with van der Waals surface area (Å²) in [4.78, 5) is 25.6. The van der Waals surface area contributed by atoms with E-state index in [2.05, 4.69) is 20.8 Å². The van der Waals surface area contributed by atoms with Crippen molar-refractivity contribution in [2.75, 3.05) is 10.6 Å². The average Bonchev–Trinajstić information content (AvgIpc) is 3.48. The second-order valence-electron chi connectivity index (χ2n) is 7.45. The standard InChI is InChI=1S/C24H23ClN6O3/c1-3-30-14-21(22(29-30)24(33)26-17-7-5-4-6-8-17)27-23(32)20-11-12-31(28-20)15-34-18-9-10-19(25)16(2)13-18/h4-14H,3,15H2,1-2H3,(H,26,33)(H,27,32). The number of carbonyl (C=O) groups is 2. The number of amides is 2. The van der Waals surface area contributed by atoms with Gasteiger partial charge in [0.15, 0.2) is 18.1 Å². The minimum Gasteiger partial charge on any atom is -0.471 e. The molecule has 0 radical (unpaired) electrons. The Bertz CT molecular complexity index is 1320. The fourth-order valence-corrected chi connectivity index (χ4v) is 3.26. The van der Waals surface area contributed by atoms with E-state index in [0.29, 0.717) is 28.7 Å². The van der Waals surface area contributed by atoms with Gasteiger partial charge in [0.25, 0.3) is 11.8 Å². The zero-order valence-corrected chi connectivity index (χ0v) is 19.4. The molecule has 4 aromatic rings. The predicted molar refractivity (Wildman–Crippen MR) is 129 cm³/mol. The number of carbonyl (C=O) groups excluding carboxylic acids is 2. The van der Waals surface area contributed by atoms with Gasteiger partial charge < -0.3 is 15.4 Å². The highest BCUT2D eigenvalue weighted by Gasteiger charge is 2.20. The van der Waals surface area contributed by atoms with Crippen molar-refractivity contribution in [1.82, 2.24) is 19.6 Å². The lowest BCUT2D eigenvalue weighted by atomic mass is 10.2. The summed E-state index contributed by atoms with van der Waals surface area (Å²) in [6.45, 7) is 4.44. The van der Waals surface area contributed by atoms with Gasteiger partial charge in [0.05, 0.1) is 5.69 Å². The maximum atomic E-state index is 12.8. The number of benzene rings is 2. The molecule has 0 atom stereocenters. The van der Waals surface area contributed by atoms with Crippen LogP contribution in [0.15, 0.2) is 67.0 Å². The summed E-state index contributed by atoms with van der Waals surface area (Å²) in [6, 6.07) is 15.9. The van der Waals surface area contributed by atoms with Crippen LogP contribution in [0.4, 0.5) is 11.4 Å². The van der Waals surface area contributed by atoms with Crippen LogP contribution in [0, 0.1) is 6.92 Å². The third kappa shape index (κ3) is 5.44. The third-order valence-electron chi connectivity index (χ3n) is 4.95. The lowest BCUT2D eigenvalue weighted by Crippen LogP contribution is -2.18. The largest absolute Gasteiger partial charge is 0.471 e. The zero-order valence-electron chi connectivity index (χ0n) is 18.7. The predicted octanol–water partition coefficient (Wildman–Crippen LogP) is 4.60. The molecule has 10 heteroatoms. The van der Waals surface area contributed by atoms with Crippen molar-refractivity contribution in [1.29, 1.82) is 0 Å². The summed E-state index contributed by atoms with van der Waals surface area (Å²) in [5.74, 6) is -0.249. The van der Waals surface area contributed by atoms with E-state index in [0.717, 1.165) is 5.56 Å². The van der Waals surface area contributed by atoms with Crippen LogP contribution in [0.5, 0.6) is 5.75 Å². The number of nitrogens with one attached hydrogen (secondary N) is 2. The van der Waals surface area contributed by atoms with E-state index in [9.17, 15) is 9.59 Å². The van der Waals surface area contributed by atoms with Crippen LogP contribution in [0.25, 0.3) is 0 Å². The summed E-state index contributed by atoms with van der Waals surface area (Å²) in [5, 5.41) is 14.7. The van der Waals surface area contributed by atoms with E-state index < -0.39 is 11.8 Å². The van der Waals surface area contributed by atoms with E-state index in [1.54, 1.807) is 47.4 Å². The third-order valence-corrected chi connectivity index (χ3v) is 5.37. The SMILES string of the molecule is CCn1cc(NC(=O)c2ccn(COc3ccc(Cl)c(C)c3)n2)c(C(=O)Nc2ccccc2)n1. The first-order valence-corrected chi connectivity index (χ1v) is 11.0. The summed E-state index contributed by atoms with van der Waals surface area (Å²) in [5.41, 5.74) is 2.11. The molecule has 0 spiro atoms. The van der Waals surface area contributed by atoms with Crippen molar-refractivity contribution in [3.05, 3.63) is 89.0 Å². The molecule has 0 bridgehead atoms. The number of anilines is 2. The Morgan fingerprint density at radius 3 is 2.53 bits per heavy atom. The maximum absolute atomic E-state index is 12.8. The number of halogens is 1. The number of hydrogen-bond donors (Lipinski definition) is 2. The van der Waals surface area contributed by atoms with Gasteiger partial charge in [-0.05, 0) is 55.8 Å². The molecule has 2 amide bonds. The first-order chi connectivity index (χ1) is 16.4. The summed E-state index contributed by atoms with van der Waals surface area (Å²) in [6.07, 6.45) is 3.25. The Morgan fingerprint density at radius 2 is 1.79 bits per heavy atom. The molecular weight excluding hydrogens is 456 g/mol. The lowest BCUT2D eigenvalue weighted by Gasteiger charge is -2.08. The first-order valence-electron chi connectivity index (χ1n) is 10.6. The van der Waals surface area contributed by atoms with Gasteiger partial charge in [0, 0.05) is 29.6 Å². The van der Waals surface area contributed by atoms with E-state index >= 15 is 0 Å². The molecule has 9 nitrogen and oxygen atoms in total. The molecule has 0 fully saturated rings. The number of para-hydroxylation sites is 1. The van der Waals surface area contributed by atoms with E-state index in [4.69, 9.17) is 16.3 Å². The molecule has 174 valence electrons. The Labute approximate surface area is 201 Å². The fraction of sp³-hybridized carbons (Fsp3) is 0.167. The fourth-order valence-electron chi connectivity index (χ4n) is 3.14. The Morgan fingerprint density at radius 1 is 1.00 bits per heavy atom. The van der Waals surface area contributed by atoms with Gasteiger partial charge in [-0.2, -0.15) is 10.2 Å². The van der Waals surface area contributed by atoms with Crippen molar-refractivity contribution in [3.8, 4) is 5.75 Å². The topological polar surface area (TPSA) is 103 Å². The van der Waals surface area contributed by atoms with Gasteiger partial charge in [0.1, 0.15) is 5.75 Å². The maximum Gasteiger partial charge on any atom is 0.278 e. The zero-order chi connectivity index (χ0) is 24.1. The number of aryl methyl sites for hydroxylation is 2. The van der Waals surface area contributed by atoms with Gasteiger partial charge in [0.2, 0.25) is 0 Å². The Hall–Kier alpha value is -4.11. The van der Waals surface area contributed by atoms with Crippen LogP contribution in [-0.4, -0.2) is 31.4 Å². The Kier molecular flexibility index (Phi) is 6.93. The van der Waals surface area contributed by atoms with Crippen molar-refractivity contribution in [3.63, 3.8) is 0 Å². The summed E-state index contributed by atoms with van der Waals surface area (Å²) < 4.78 is 8.78. The number of ether oxygens (including phenoxy) is 1. The molecule has 0 unspecified atom stereocenters. The minimum absolute atomic E-state index is 0.111. The molecule has 0 aliphatic heterocycles. The average molecular weight is 479 g/mol. The van der Waals surface area contributed by atoms with Crippen molar-refractivity contribution in [2.45, 2.75) is 27.1 Å². The van der Waals surface area contributed by atoms with E-state index in [-0.39, 0.29) is 18.1 Å². The second-order valence-corrected chi connectivity index (χ2v) is 7.85. The molecule has 0 saturated carbocycles. The van der Waals surface area contributed by atoms with Gasteiger partial charge in [-0.25, -0.2) is 4.68 Å². The van der Waals surface area contributed by atoms with Crippen LogP contribution in [-0.2, 0) is 13.3 Å². The monoisotopic (exact) mass is 478 g/mol. The van der Waals surface area contributed by atoms with Crippen molar-refractivity contribution in [2.24, 2.45) is 0 Å². The van der Waals surface area contributed by atoms with Gasteiger partial charge in [-0.15, -0.1) is 0 Å². The number of nitrogens with zero attached hydrogens (tertiary/aromatic N) is 4. The van der Waals surface area contributed by atoms with Crippen LogP contribution < -0.4 is 15.4 Å². The van der Waals surface area contributed by atoms with Crippen LogP contribution in [0.3, 0.4) is 0 Å². The number of hydrogen-bond acceptors (Lipinski definition) is 5. The molecule has 2 aromatic heterocycles. The first kappa shape index (κ1) is 23.1. The summed E-state index contributed by atoms with van der Waals surface area (Å²) in [7, 11) is 0. The van der Waals surface area contributed by atoms with Crippen molar-refractivity contribution >= 4 is 34.8 Å². The van der Waals surface area contributed by atoms with Crippen molar-refractivity contribution < 1.29 is 14.3 Å². The van der Waals surface area contributed by atoms with E-state index in [1.165, 1.54) is 4.68 Å². The lowest BCUT2D eigenvalue weighted by molar-refractivity contribution is 0.102. The summed E-state index contributed by atoms with van der Waals surface area (Å²) >= 11 is 6.04. The number of rotatable bonds is 8. The van der Waals surface area contributed by atoms with Gasteiger partial charge >= 0.3 is 0 Å². The smallest absolute Gasteiger partial charge is 0.278 e. The highest BCUT2D eigenvalue weighted by atomic mass is 35.5. The van der Waals surface area contributed by atoms with Gasteiger partial charge in [-0.3, -0.25) is 14.3 Å². The highest BCUT2D eigenvalue weighted by molar-refractivity contribution is 6.31. The van der Waals surface area contributed by atoms with Gasteiger partial charge in [-0.1, -0.05) is 29.8 Å². The minimum atomic E-state index is -0.467. The normalized spacial score (nSPS) is 10.7. The molecule has 0 aliphatic rings. The molecule has 2 aromatic carbocycles. The molecule has 34 heavy (non-hydrogen) atoms. The molecule has 0 aliphatic carbocycles. The molecular formula is C24H23ClN6O3. The molecule has 0 saturated heterocycles. The van der Waals surface area contributed by atoms with Crippen LogP contribution >= 0.6 is 11.6 Å².